The summed E-state index contributed by atoms with van der Waals surface area (Å²) < 4.78 is 5.35. The van der Waals surface area contributed by atoms with Crippen LogP contribution in [0, 0.1) is 6.92 Å². The summed E-state index contributed by atoms with van der Waals surface area (Å²) in [4.78, 5) is 0. The predicted molar refractivity (Wildman–Crippen MR) is 49.6 cm³/mol. The molecule has 1 nitrogen and oxygen atoms in total. The lowest BCUT2D eigenvalue weighted by atomic mass is 10.2. The van der Waals surface area contributed by atoms with E-state index >= 15 is 0 Å². The highest BCUT2D eigenvalue weighted by atomic mass is 16.5. The first-order chi connectivity index (χ1) is 5.41. The van der Waals surface area contributed by atoms with Gasteiger partial charge >= 0.3 is 0 Å². The van der Waals surface area contributed by atoms with Gasteiger partial charge in [0.2, 0.25) is 0 Å². The molecule has 0 aliphatic carbocycles. The summed E-state index contributed by atoms with van der Waals surface area (Å²) >= 11 is 0. The molecule has 0 saturated carbocycles. The van der Waals surface area contributed by atoms with E-state index in [9.17, 15) is 0 Å². The smallest absolute Gasteiger partial charge is 0.0466 e. The molecule has 1 radical (unpaired) electrons. The van der Waals surface area contributed by atoms with Crippen LogP contribution in [-0.4, -0.2) is 13.2 Å². The normalized spacial score (nSPS) is 10.4. The molecule has 0 amide bonds. The summed E-state index contributed by atoms with van der Waals surface area (Å²) in [6.07, 6.45) is 7.33. The van der Waals surface area contributed by atoms with E-state index in [-0.39, 0.29) is 0 Å². The number of unbranched alkanes of at least 4 members (excludes halogenated alkanes) is 4. The molecule has 0 spiro atoms. The zero-order valence-corrected chi connectivity index (χ0v) is 7.77. The third-order valence-electron chi connectivity index (χ3n) is 1.64. The summed E-state index contributed by atoms with van der Waals surface area (Å²) in [7, 11) is 0. The Labute approximate surface area is 71.1 Å². The molecule has 67 valence electrons. The van der Waals surface area contributed by atoms with Gasteiger partial charge in [-0.05, 0) is 12.8 Å². The molecular weight excluding hydrogens is 136 g/mol. The molecule has 0 aliphatic heterocycles. The number of hydrogen-bond acceptors (Lipinski definition) is 1. The van der Waals surface area contributed by atoms with Gasteiger partial charge in [0.1, 0.15) is 0 Å². The lowest BCUT2D eigenvalue weighted by Gasteiger charge is -2.01. The van der Waals surface area contributed by atoms with Crippen LogP contribution in [0.4, 0.5) is 0 Å². The molecule has 0 aromatic rings. The Bertz CT molecular complexity index is 53.9. The minimum absolute atomic E-state index is 0.926. The third-order valence-corrected chi connectivity index (χ3v) is 1.64. The second kappa shape index (κ2) is 9.96. The van der Waals surface area contributed by atoms with Crippen molar-refractivity contribution in [3.63, 3.8) is 0 Å². The fourth-order valence-corrected chi connectivity index (χ4v) is 0.981. The van der Waals surface area contributed by atoms with Gasteiger partial charge in [-0.3, -0.25) is 0 Å². The first-order valence-electron chi connectivity index (χ1n) is 4.78. The first-order valence-corrected chi connectivity index (χ1v) is 4.78. The first kappa shape index (κ1) is 11.0. The van der Waals surface area contributed by atoms with Crippen molar-refractivity contribution in [2.75, 3.05) is 13.2 Å². The van der Waals surface area contributed by atoms with Gasteiger partial charge in [0.15, 0.2) is 0 Å². The van der Waals surface area contributed by atoms with Gasteiger partial charge in [0.25, 0.3) is 0 Å². The van der Waals surface area contributed by atoms with Crippen molar-refractivity contribution in [2.45, 2.75) is 45.4 Å². The van der Waals surface area contributed by atoms with Crippen LogP contribution in [0.3, 0.4) is 0 Å². The van der Waals surface area contributed by atoms with Gasteiger partial charge in [0.05, 0.1) is 0 Å². The van der Waals surface area contributed by atoms with E-state index in [1.807, 2.05) is 0 Å². The highest BCUT2D eigenvalue weighted by Gasteiger charge is 1.88. The topological polar surface area (TPSA) is 9.23 Å². The lowest BCUT2D eigenvalue weighted by Crippen LogP contribution is -1.95. The minimum atomic E-state index is 0.926. The van der Waals surface area contributed by atoms with Crippen molar-refractivity contribution in [3.05, 3.63) is 6.92 Å². The summed E-state index contributed by atoms with van der Waals surface area (Å²) in [5.74, 6) is 0. The fraction of sp³-hybridized carbons (Fsp3) is 0.900. The van der Waals surface area contributed by atoms with E-state index in [4.69, 9.17) is 4.74 Å². The number of hydrogen-bond donors (Lipinski definition) is 0. The molecule has 0 fully saturated rings. The standard InChI is InChI=1S/C10H21O/c1-3-5-6-7-8-10-11-9-4-2/h1,3-10H2,2H3. The molecule has 0 bridgehead atoms. The third kappa shape index (κ3) is 9.96. The molecule has 1 heteroatoms. The predicted octanol–water partition coefficient (Wildman–Crippen LogP) is 3.20. The Kier molecular flexibility index (Phi) is 9.92. The summed E-state index contributed by atoms with van der Waals surface area (Å²) in [5.41, 5.74) is 0. The van der Waals surface area contributed by atoms with Crippen molar-refractivity contribution >= 4 is 0 Å². The Morgan fingerprint density at radius 3 is 2.36 bits per heavy atom. The van der Waals surface area contributed by atoms with Gasteiger partial charge < -0.3 is 4.74 Å². The van der Waals surface area contributed by atoms with Crippen LogP contribution < -0.4 is 0 Å². The Morgan fingerprint density at radius 1 is 1.00 bits per heavy atom. The van der Waals surface area contributed by atoms with E-state index < -0.39 is 0 Å². The molecule has 0 N–H and O–H groups in total. The van der Waals surface area contributed by atoms with Gasteiger partial charge in [-0.1, -0.05) is 39.5 Å². The van der Waals surface area contributed by atoms with Crippen LogP contribution in [0.25, 0.3) is 0 Å². The summed E-state index contributed by atoms with van der Waals surface area (Å²) in [6.45, 7) is 7.82. The molecule has 0 aromatic carbocycles. The van der Waals surface area contributed by atoms with Crippen molar-refractivity contribution in [3.8, 4) is 0 Å². The van der Waals surface area contributed by atoms with Crippen molar-refractivity contribution < 1.29 is 4.74 Å². The Hall–Kier alpha value is -0.0400. The van der Waals surface area contributed by atoms with E-state index in [2.05, 4.69) is 13.8 Å². The fourth-order valence-electron chi connectivity index (χ4n) is 0.981. The maximum absolute atomic E-state index is 5.35. The van der Waals surface area contributed by atoms with Crippen molar-refractivity contribution in [2.24, 2.45) is 0 Å². The average molecular weight is 157 g/mol. The zero-order valence-electron chi connectivity index (χ0n) is 7.77. The van der Waals surface area contributed by atoms with E-state index in [0.29, 0.717) is 0 Å². The second-order valence-corrected chi connectivity index (χ2v) is 2.88. The van der Waals surface area contributed by atoms with Gasteiger partial charge in [-0.2, -0.15) is 0 Å². The highest BCUT2D eigenvalue weighted by Crippen LogP contribution is 2.01. The second-order valence-electron chi connectivity index (χ2n) is 2.88. The Balaban J connectivity index is 2.69. The van der Waals surface area contributed by atoms with E-state index in [1.54, 1.807) is 0 Å². The molecule has 0 aromatic heterocycles. The quantitative estimate of drug-likeness (QED) is 0.492. The molecule has 0 heterocycles. The molecule has 0 aliphatic rings. The molecule has 0 saturated heterocycles. The Morgan fingerprint density at radius 2 is 1.73 bits per heavy atom. The van der Waals surface area contributed by atoms with Crippen LogP contribution in [0.1, 0.15) is 45.4 Å². The molecular formula is C10H21O. The molecule has 0 atom stereocenters. The largest absolute Gasteiger partial charge is 0.381 e. The van der Waals surface area contributed by atoms with Crippen LogP contribution >= 0.6 is 0 Å². The minimum Gasteiger partial charge on any atom is -0.381 e. The lowest BCUT2D eigenvalue weighted by molar-refractivity contribution is 0.130. The SMILES string of the molecule is [CH2]CCCCCCOCCC. The zero-order chi connectivity index (χ0) is 8.36. The maximum atomic E-state index is 5.35. The maximum Gasteiger partial charge on any atom is 0.0466 e. The highest BCUT2D eigenvalue weighted by molar-refractivity contribution is 4.44. The van der Waals surface area contributed by atoms with Crippen LogP contribution in [0.15, 0.2) is 0 Å². The molecule has 0 rings (SSSR count). The van der Waals surface area contributed by atoms with Gasteiger partial charge in [0, 0.05) is 13.2 Å². The van der Waals surface area contributed by atoms with Crippen LogP contribution in [0.2, 0.25) is 0 Å². The average Bonchev–Trinajstić information content (AvgIpc) is 2.03. The van der Waals surface area contributed by atoms with Gasteiger partial charge in [-0.15, -0.1) is 0 Å². The molecule has 0 unspecified atom stereocenters. The van der Waals surface area contributed by atoms with E-state index in [1.165, 1.54) is 25.7 Å². The van der Waals surface area contributed by atoms with Crippen LogP contribution in [0.5, 0.6) is 0 Å². The number of ether oxygens (including phenoxy) is 1. The number of rotatable bonds is 8. The van der Waals surface area contributed by atoms with E-state index in [0.717, 1.165) is 26.1 Å². The summed E-state index contributed by atoms with van der Waals surface area (Å²) in [5, 5.41) is 0. The van der Waals surface area contributed by atoms with Crippen molar-refractivity contribution in [1.82, 2.24) is 0 Å². The van der Waals surface area contributed by atoms with Crippen molar-refractivity contribution in [1.29, 1.82) is 0 Å². The molecule has 11 heavy (non-hydrogen) atoms. The monoisotopic (exact) mass is 157 g/mol. The summed E-state index contributed by atoms with van der Waals surface area (Å²) in [6, 6.07) is 0. The van der Waals surface area contributed by atoms with Crippen LogP contribution in [-0.2, 0) is 4.74 Å². The van der Waals surface area contributed by atoms with Gasteiger partial charge in [-0.25, -0.2) is 0 Å².